The lowest BCUT2D eigenvalue weighted by Crippen LogP contribution is -2.11. The molecule has 0 amide bonds. The normalized spacial score (nSPS) is 12.0. The van der Waals surface area contributed by atoms with Gasteiger partial charge in [0.25, 0.3) is 0 Å². The third kappa shape index (κ3) is 4.27. The lowest BCUT2D eigenvalue weighted by molar-refractivity contribution is -0.146. The van der Waals surface area contributed by atoms with E-state index in [-0.39, 0.29) is 13.2 Å². The first-order chi connectivity index (χ1) is 6.47. The number of alkyl halides is 3. The molecular formula is C8H11F3N2O. The monoisotopic (exact) mass is 208 g/mol. The van der Waals surface area contributed by atoms with Gasteiger partial charge >= 0.3 is 6.18 Å². The molecule has 0 aliphatic rings. The van der Waals surface area contributed by atoms with Gasteiger partial charge in [-0.3, -0.25) is 4.68 Å². The predicted octanol–water partition coefficient (Wildman–Crippen LogP) is 1.89. The molecule has 1 aromatic heterocycles. The number of rotatable bonds is 4. The molecule has 0 atom stereocenters. The summed E-state index contributed by atoms with van der Waals surface area (Å²) in [6.45, 7) is -0.197. The van der Waals surface area contributed by atoms with Crippen molar-refractivity contribution in [1.29, 1.82) is 0 Å². The number of hydrogen-bond donors (Lipinski definition) is 0. The molecule has 1 heterocycles. The first kappa shape index (κ1) is 11.0. The summed E-state index contributed by atoms with van der Waals surface area (Å²) >= 11 is 0. The summed E-state index contributed by atoms with van der Waals surface area (Å²) < 4.78 is 41.4. The van der Waals surface area contributed by atoms with E-state index in [1.54, 1.807) is 24.0 Å². The zero-order valence-electron chi connectivity index (χ0n) is 7.71. The Morgan fingerprint density at radius 1 is 1.50 bits per heavy atom. The molecule has 0 fully saturated rings. The van der Waals surface area contributed by atoms with Crippen LogP contribution < -0.4 is 0 Å². The minimum atomic E-state index is -4.15. The number of aromatic nitrogens is 2. The topological polar surface area (TPSA) is 27.1 Å². The highest BCUT2D eigenvalue weighted by Gasteiger charge is 2.26. The van der Waals surface area contributed by atoms with Gasteiger partial charge in [0.1, 0.15) is 0 Å². The second kappa shape index (κ2) is 4.45. The predicted molar refractivity (Wildman–Crippen MR) is 43.5 cm³/mol. The summed E-state index contributed by atoms with van der Waals surface area (Å²) in [5, 5.41) is 3.96. The van der Waals surface area contributed by atoms with Crippen LogP contribution in [0.2, 0.25) is 0 Å². The van der Waals surface area contributed by atoms with E-state index < -0.39 is 12.6 Å². The van der Waals surface area contributed by atoms with Gasteiger partial charge in [0.15, 0.2) is 0 Å². The first-order valence-corrected chi connectivity index (χ1v) is 4.10. The molecule has 0 unspecified atom stereocenters. The van der Waals surface area contributed by atoms with Crippen molar-refractivity contribution < 1.29 is 17.9 Å². The van der Waals surface area contributed by atoms with Crippen LogP contribution in [0.3, 0.4) is 0 Å². The van der Waals surface area contributed by atoms with E-state index in [4.69, 9.17) is 4.74 Å². The van der Waals surface area contributed by atoms with Gasteiger partial charge in [-0.25, -0.2) is 0 Å². The SMILES string of the molecule is Cn1ccc(COCCC(F)(F)F)n1. The number of aryl methyl sites for hydroxylation is 1. The van der Waals surface area contributed by atoms with E-state index >= 15 is 0 Å². The van der Waals surface area contributed by atoms with Gasteiger partial charge in [-0.05, 0) is 6.07 Å². The Morgan fingerprint density at radius 3 is 2.71 bits per heavy atom. The smallest absolute Gasteiger partial charge is 0.375 e. The van der Waals surface area contributed by atoms with Crippen molar-refractivity contribution in [2.75, 3.05) is 6.61 Å². The molecule has 0 bridgehead atoms. The van der Waals surface area contributed by atoms with Crippen molar-refractivity contribution >= 4 is 0 Å². The molecule has 80 valence electrons. The fourth-order valence-corrected chi connectivity index (χ4v) is 0.905. The van der Waals surface area contributed by atoms with Crippen molar-refractivity contribution in [3.63, 3.8) is 0 Å². The fraction of sp³-hybridized carbons (Fsp3) is 0.625. The van der Waals surface area contributed by atoms with Crippen molar-refractivity contribution in [3.05, 3.63) is 18.0 Å². The molecule has 0 saturated heterocycles. The van der Waals surface area contributed by atoms with Gasteiger partial charge in [-0.1, -0.05) is 0 Å². The van der Waals surface area contributed by atoms with E-state index in [9.17, 15) is 13.2 Å². The third-order valence-electron chi connectivity index (χ3n) is 1.55. The number of hydrogen-bond acceptors (Lipinski definition) is 2. The summed E-state index contributed by atoms with van der Waals surface area (Å²) in [4.78, 5) is 0. The average Bonchev–Trinajstić information content (AvgIpc) is 2.44. The Hall–Kier alpha value is -1.04. The number of halogens is 3. The van der Waals surface area contributed by atoms with Gasteiger partial charge in [0, 0.05) is 13.2 Å². The minimum absolute atomic E-state index is 0.122. The van der Waals surface area contributed by atoms with Crippen molar-refractivity contribution in [3.8, 4) is 0 Å². The molecule has 0 saturated carbocycles. The largest absolute Gasteiger partial charge is 0.391 e. The van der Waals surface area contributed by atoms with Crippen LogP contribution in [0.25, 0.3) is 0 Å². The fourth-order valence-electron chi connectivity index (χ4n) is 0.905. The van der Waals surface area contributed by atoms with E-state index in [0.717, 1.165) is 0 Å². The molecule has 0 N–H and O–H groups in total. The van der Waals surface area contributed by atoms with Crippen LogP contribution >= 0.6 is 0 Å². The zero-order chi connectivity index (χ0) is 10.6. The van der Waals surface area contributed by atoms with Gasteiger partial charge in [-0.15, -0.1) is 0 Å². The summed E-state index contributed by atoms with van der Waals surface area (Å²) in [6.07, 6.45) is -3.35. The maximum Gasteiger partial charge on any atom is 0.391 e. The Kier molecular flexibility index (Phi) is 3.51. The molecule has 0 aliphatic heterocycles. The highest BCUT2D eigenvalue weighted by atomic mass is 19.4. The molecular weight excluding hydrogens is 197 g/mol. The molecule has 0 aromatic carbocycles. The third-order valence-corrected chi connectivity index (χ3v) is 1.55. The first-order valence-electron chi connectivity index (χ1n) is 4.10. The maximum absolute atomic E-state index is 11.7. The van der Waals surface area contributed by atoms with Crippen LogP contribution in [-0.4, -0.2) is 22.6 Å². The van der Waals surface area contributed by atoms with Gasteiger partial charge in [0.05, 0.1) is 25.3 Å². The highest BCUT2D eigenvalue weighted by molar-refractivity contribution is 4.96. The van der Waals surface area contributed by atoms with Crippen LogP contribution in [0.15, 0.2) is 12.3 Å². The van der Waals surface area contributed by atoms with Crippen LogP contribution in [0.5, 0.6) is 0 Å². The molecule has 0 spiro atoms. The van der Waals surface area contributed by atoms with Gasteiger partial charge < -0.3 is 4.74 Å². The second-order valence-electron chi connectivity index (χ2n) is 2.90. The van der Waals surface area contributed by atoms with Gasteiger partial charge in [-0.2, -0.15) is 18.3 Å². The van der Waals surface area contributed by atoms with Crippen molar-refractivity contribution in [2.24, 2.45) is 7.05 Å². The van der Waals surface area contributed by atoms with Crippen LogP contribution in [-0.2, 0) is 18.4 Å². The Balaban J connectivity index is 2.16. The molecule has 1 aromatic rings. The molecule has 0 radical (unpaired) electrons. The van der Waals surface area contributed by atoms with Crippen LogP contribution in [0.1, 0.15) is 12.1 Å². The van der Waals surface area contributed by atoms with Crippen LogP contribution in [0, 0.1) is 0 Å². The van der Waals surface area contributed by atoms with E-state index in [0.29, 0.717) is 5.69 Å². The quantitative estimate of drug-likeness (QED) is 0.706. The average molecular weight is 208 g/mol. The highest BCUT2D eigenvalue weighted by Crippen LogP contribution is 2.19. The van der Waals surface area contributed by atoms with E-state index in [1.165, 1.54) is 0 Å². The lowest BCUT2D eigenvalue weighted by atomic mass is 10.4. The molecule has 3 nitrogen and oxygen atoms in total. The standard InChI is InChI=1S/C8H11F3N2O/c1-13-4-2-7(12-13)6-14-5-3-8(9,10)11/h2,4H,3,5-6H2,1H3. The van der Waals surface area contributed by atoms with Gasteiger partial charge in [0.2, 0.25) is 0 Å². The zero-order valence-corrected chi connectivity index (χ0v) is 7.71. The maximum atomic E-state index is 11.7. The summed E-state index contributed by atoms with van der Waals surface area (Å²) in [5.41, 5.74) is 0.634. The Bertz CT molecular complexity index is 282. The second-order valence-corrected chi connectivity index (χ2v) is 2.90. The van der Waals surface area contributed by atoms with E-state index in [1.807, 2.05) is 0 Å². The summed E-state index contributed by atoms with van der Waals surface area (Å²) in [5.74, 6) is 0. The molecule has 1 rings (SSSR count). The summed E-state index contributed by atoms with van der Waals surface area (Å²) in [6, 6.07) is 1.70. The molecule has 6 heteroatoms. The number of nitrogens with zero attached hydrogens (tertiary/aromatic N) is 2. The van der Waals surface area contributed by atoms with Crippen molar-refractivity contribution in [2.45, 2.75) is 19.2 Å². The molecule has 0 aliphatic carbocycles. The Labute approximate surface area is 79.5 Å². The molecule has 14 heavy (non-hydrogen) atoms. The Morgan fingerprint density at radius 2 is 2.21 bits per heavy atom. The minimum Gasteiger partial charge on any atom is -0.375 e. The van der Waals surface area contributed by atoms with Crippen LogP contribution in [0.4, 0.5) is 13.2 Å². The number of ether oxygens (including phenoxy) is 1. The van der Waals surface area contributed by atoms with Crippen molar-refractivity contribution in [1.82, 2.24) is 9.78 Å². The lowest BCUT2D eigenvalue weighted by Gasteiger charge is -2.05. The van der Waals surface area contributed by atoms with E-state index in [2.05, 4.69) is 5.10 Å². The summed E-state index contributed by atoms with van der Waals surface area (Å²) in [7, 11) is 1.74.